The number of aromatic hydroxyl groups is 1. The smallest absolute Gasteiger partial charge is 0.115 e. The van der Waals surface area contributed by atoms with E-state index in [2.05, 4.69) is 5.32 Å². The van der Waals surface area contributed by atoms with Crippen molar-refractivity contribution in [2.24, 2.45) is 0 Å². The first-order chi connectivity index (χ1) is 7.22. The lowest BCUT2D eigenvalue weighted by Crippen LogP contribution is -2.20. The second-order valence-electron chi connectivity index (χ2n) is 3.28. The minimum absolute atomic E-state index is 0.284. The zero-order valence-electron chi connectivity index (χ0n) is 8.90. The standard InChI is InChI=1S/C11H17NO2S/c1-2-15(14)7-6-12-9-10-4-3-5-11(13)8-10/h3-5,8,12-13H,2,6-7,9H2,1H3. The largest absolute Gasteiger partial charge is 0.508 e. The number of benzene rings is 1. The molecule has 0 aromatic heterocycles. The Morgan fingerprint density at radius 3 is 2.93 bits per heavy atom. The Bertz CT molecular complexity index is 328. The Morgan fingerprint density at radius 2 is 2.27 bits per heavy atom. The summed E-state index contributed by atoms with van der Waals surface area (Å²) in [4.78, 5) is 0. The van der Waals surface area contributed by atoms with E-state index in [0.717, 1.165) is 12.1 Å². The van der Waals surface area contributed by atoms with Gasteiger partial charge in [0.2, 0.25) is 0 Å². The Hall–Kier alpha value is -0.870. The van der Waals surface area contributed by atoms with E-state index in [1.54, 1.807) is 12.1 Å². The molecule has 0 aliphatic carbocycles. The van der Waals surface area contributed by atoms with Gasteiger partial charge in [-0.2, -0.15) is 0 Å². The molecule has 0 saturated heterocycles. The fraction of sp³-hybridized carbons (Fsp3) is 0.455. The Kier molecular flexibility index (Phi) is 5.36. The van der Waals surface area contributed by atoms with Gasteiger partial charge in [-0.15, -0.1) is 0 Å². The maximum absolute atomic E-state index is 11.1. The lowest BCUT2D eigenvalue weighted by Gasteiger charge is -2.04. The normalized spacial score (nSPS) is 12.6. The van der Waals surface area contributed by atoms with E-state index in [4.69, 9.17) is 0 Å². The first-order valence-corrected chi connectivity index (χ1v) is 6.54. The van der Waals surface area contributed by atoms with Crippen molar-refractivity contribution in [3.63, 3.8) is 0 Å². The van der Waals surface area contributed by atoms with Crippen LogP contribution in [0.3, 0.4) is 0 Å². The predicted molar refractivity (Wildman–Crippen MR) is 63.4 cm³/mol. The van der Waals surface area contributed by atoms with Crippen LogP contribution in [0.25, 0.3) is 0 Å². The summed E-state index contributed by atoms with van der Waals surface area (Å²) in [5, 5.41) is 12.4. The molecule has 0 bridgehead atoms. The fourth-order valence-electron chi connectivity index (χ4n) is 1.23. The van der Waals surface area contributed by atoms with Gasteiger partial charge in [0.1, 0.15) is 5.75 Å². The van der Waals surface area contributed by atoms with Crippen molar-refractivity contribution in [1.29, 1.82) is 0 Å². The molecular formula is C11H17NO2S. The van der Waals surface area contributed by atoms with Crippen molar-refractivity contribution in [1.82, 2.24) is 5.32 Å². The van der Waals surface area contributed by atoms with Gasteiger partial charge < -0.3 is 10.4 Å². The van der Waals surface area contributed by atoms with Gasteiger partial charge in [-0.25, -0.2) is 0 Å². The van der Waals surface area contributed by atoms with Crippen LogP contribution in [-0.4, -0.2) is 27.4 Å². The van der Waals surface area contributed by atoms with Gasteiger partial charge in [-0.1, -0.05) is 19.1 Å². The number of phenolic OH excluding ortho intramolecular Hbond substituents is 1. The van der Waals surface area contributed by atoms with Gasteiger partial charge in [-0.05, 0) is 17.7 Å². The maximum Gasteiger partial charge on any atom is 0.115 e. The van der Waals surface area contributed by atoms with E-state index < -0.39 is 10.8 Å². The van der Waals surface area contributed by atoms with Gasteiger partial charge >= 0.3 is 0 Å². The first-order valence-electron chi connectivity index (χ1n) is 5.06. The summed E-state index contributed by atoms with van der Waals surface area (Å²) in [6, 6.07) is 7.14. The molecule has 15 heavy (non-hydrogen) atoms. The van der Waals surface area contributed by atoms with Crippen LogP contribution in [0, 0.1) is 0 Å². The van der Waals surface area contributed by atoms with Crippen LogP contribution < -0.4 is 5.32 Å². The summed E-state index contributed by atoms with van der Waals surface area (Å²) < 4.78 is 11.1. The van der Waals surface area contributed by atoms with Crippen LogP contribution >= 0.6 is 0 Å². The maximum atomic E-state index is 11.1. The molecule has 1 unspecified atom stereocenters. The number of rotatable bonds is 6. The van der Waals surface area contributed by atoms with E-state index in [0.29, 0.717) is 18.1 Å². The molecule has 0 heterocycles. The third-order valence-electron chi connectivity index (χ3n) is 2.07. The summed E-state index contributed by atoms with van der Waals surface area (Å²) >= 11 is 0. The average Bonchev–Trinajstić information content (AvgIpc) is 2.24. The molecule has 1 rings (SSSR count). The van der Waals surface area contributed by atoms with E-state index in [-0.39, 0.29) is 5.75 Å². The van der Waals surface area contributed by atoms with Crippen molar-refractivity contribution < 1.29 is 9.32 Å². The topological polar surface area (TPSA) is 49.3 Å². The quantitative estimate of drug-likeness (QED) is 0.719. The summed E-state index contributed by atoms with van der Waals surface area (Å²) in [7, 11) is -0.701. The number of nitrogens with one attached hydrogen (secondary N) is 1. The monoisotopic (exact) mass is 227 g/mol. The van der Waals surface area contributed by atoms with Crippen LogP contribution in [0.1, 0.15) is 12.5 Å². The van der Waals surface area contributed by atoms with Gasteiger partial charge in [0.15, 0.2) is 0 Å². The zero-order chi connectivity index (χ0) is 11.1. The van der Waals surface area contributed by atoms with Crippen molar-refractivity contribution in [2.45, 2.75) is 13.5 Å². The SMILES string of the molecule is CCS(=O)CCNCc1cccc(O)c1. The molecule has 0 saturated carbocycles. The second-order valence-corrected chi connectivity index (χ2v) is 5.14. The highest BCUT2D eigenvalue weighted by Gasteiger charge is 1.96. The number of hydrogen-bond donors (Lipinski definition) is 2. The Labute approximate surface area is 93.0 Å². The van der Waals surface area contributed by atoms with Crippen LogP contribution in [0.2, 0.25) is 0 Å². The summed E-state index contributed by atoms with van der Waals surface area (Å²) in [5.41, 5.74) is 1.04. The molecule has 1 aromatic carbocycles. The molecule has 3 nitrogen and oxygen atoms in total. The number of hydrogen-bond acceptors (Lipinski definition) is 3. The predicted octanol–water partition coefficient (Wildman–Crippen LogP) is 1.25. The summed E-state index contributed by atoms with van der Waals surface area (Å²) in [6.07, 6.45) is 0. The van der Waals surface area contributed by atoms with Crippen LogP contribution in [-0.2, 0) is 17.3 Å². The fourth-order valence-corrected chi connectivity index (χ4v) is 1.89. The van der Waals surface area contributed by atoms with Crippen LogP contribution in [0.4, 0.5) is 0 Å². The average molecular weight is 227 g/mol. The third kappa shape index (κ3) is 4.95. The highest BCUT2D eigenvalue weighted by Crippen LogP contribution is 2.10. The van der Waals surface area contributed by atoms with Gasteiger partial charge in [0.05, 0.1) is 0 Å². The second kappa shape index (κ2) is 6.58. The highest BCUT2D eigenvalue weighted by atomic mass is 32.2. The lowest BCUT2D eigenvalue weighted by molar-refractivity contribution is 0.474. The minimum atomic E-state index is -0.701. The van der Waals surface area contributed by atoms with E-state index in [1.165, 1.54) is 0 Å². The molecule has 0 spiro atoms. The Balaban J connectivity index is 2.23. The molecule has 1 atom stereocenters. The van der Waals surface area contributed by atoms with E-state index in [9.17, 15) is 9.32 Å². The molecule has 0 amide bonds. The molecule has 0 aliphatic rings. The van der Waals surface area contributed by atoms with Crippen molar-refractivity contribution in [3.8, 4) is 5.75 Å². The van der Waals surface area contributed by atoms with Crippen molar-refractivity contribution in [3.05, 3.63) is 29.8 Å². The molecule has 4 heteroatoms. The molecule has 84 valence electrons. The zero-order valence-corrected chi connectivity index (χ0v) is 9.72. The lowest BCUT2D eigenvalue weighted by atomic mass is 10.2. The molecule has 0 aliphatic heterocycles. The molecule has 0 fully saturated rings. The molecule has 1 aromatic rings. The van der Waals surface area contributed by atoms with Crippen LogP contribution in [0.5, 0.6) is 5.75 Å². The van der Waals surface area contributed by atoms with Crippen molar-refractivity contribution in [2.75, 3.05) is 18.1 Å². The van der Waals surface area contributed by atoms with E-state index in [1.807, 2.05) is 19.1 Å². The first kappa shape index (κ1) is 12.2. The summed E-state index contributed by atoms with van der Waals surface area (Å²) in [5.74, 6) is 1.69. The van der Waals surface area contributed by atoms with Crippen molar-refractivity contribution >= 4 is 10.8 Å². The molecular weight excluding hydrogens is 210 g/mol. The van der Waals surface area contributed by atoms with E-state index >= 15 is 0 Å². The van der Waals surface area contributed by atoms with Gasteiger partial charge in [0.25, 0.3) is 0 Å². The van der Waals surface area contributed by atoms with Gasteiger partial charge in [-0.3, -0.25) is 4.21 Å². The minimum Gasteiger partial charge on any atom is -0.508 e. The third-order valence-corrected chi connectivity index (χ3v) is 3.37. The van der Waals surface area contributed by atoms with Gasteiger partial charge in [0, 0.05) is 35.4 Å². The summed E-state index contributed by atoms with van der Waals surface area (Å²) in [6.45, 7) is 3.37. The molecule has 0 radical (unpaired) electrons. The highest BCUT2D eigenvalue weighted by molar-refractivity contribution is 7.84. The Morgan fingerprint density at radius 1 is 1.47 bits per heavy atom. The number of phenols is 1. The van der Waals surface area contributed by atoms with Crippen LogP contribution in [0.15, 0.2) is 24.3 Å². The molecule has 2 N–H and O–H groups in total.